The van der Waals surface area contributed by atoms with Gasteiger partial charge in [-0.3, -0.25) is 4.99 Å². The van der Waals surface area contributed by atoms with Crippen LogP contribution in [0.15, 0.2) is 4.99 Å². The lowest BCUT2D eigenvalue weighted by Gasteiger charge is -2.31. The van der Waals surface area contributed by atoms with Gasteiger partial charge in [-0.05, 0) is 32.9 Å². The lowest BCUT2D eigenvalue weighted by Crippen LogP contribution is -2.44. The van der Waals surface area contributed by atoms with Gasteiger partial charge in [-0.2, -0.15) is 0 Å². The fourth-order valence-electron chi connectivity index (χ4n) is 3.11. The van der Waals surface area contributed by atoms with Crippen LogP contribution >= 0.6 is 24.0 Å². The molecule has 21 heavy (non-hydrogen) atoms. The number of guanidine groups is 1. The monoisotopic (exact) mass is 410 g/mol. The van der Waals surface area contributed by atoms with Gasteiger partial charge in [0.1, 0.15) is 0 Å². The Hall–Kier alpha value is -0.0800. The molecule has 0 bridgehead atoms. The van der Waals surface area contributed by atoms with Crippen LogP contribution < -0.4 is 5.73 Å². The molecule has 1 saturated heterocycles. The number of halogens is 1. The number of hydrogen-bond donors (Lipinski definition) is 1. The fourth-order valence-corrected chi connectivity index (χ4v) is 3.11. The molecule has 2 N–H and O–H groups in total. The van der Waals surface area contributed by atoms with Crippen molar-refractivity contribution in [3.8, 4) is 0 Å². The van der Waals surface area contributed by atoms with Gasteiger partial charge in [0.2, 0.25) is 0 Å². The Morgan fingerprint density at radius 2 is 1.90 bits per heavy atom. The van der Waals surface area contributed by atoms with E-state index in [4.69, 9.17) is 10.5 Å². The van der Waals surface area contributed by atoms with Gasteiger partial charge in [-0.15, -0.1) is 24.0 Å². The molecule has 0 aromatic rings. The molecule has 2 rings (SSSR count). The quantitative estimate of drug-likeness (QED) is 0.326. The van der Waals surface area contributed by atoms with Crippen LogP contribution in [0.4, 0.5) is 0 Å². The Morgan fingerprint density at radius 1 is 1.24 bits per heavy atom. The third-order valence-corrected chi connectivity index (χ3v) is 4.48. The highest BCUT2D eigenvalue weighted by atomic mass is 127. The summed E-state index contributed by atoms with van der Waals surface area (Å²) in [4.78, 5) is 9.14. The maximum absolute atomic E-state index is 6.01. The summed E-state index contributed by atoms with van der Waals surface area (Å²) in [6.07, 6.45) is 8.06. The van der Waals surface area contributed by atoms with Crippen LogP contribution in [0.3, 0.4) is 0 Å². The molecule has 0 atom stereocenters. The number of aliphatic imine (C=N–C) groups is 1. The zero-order valence-corrected chi connectivity index (χ0v) is 15.6. The maximum atomic E-state index is 6.01. The van der Waals surface area contributed by atoms with Crippen LogP contribution in [0.25, 0.3) is 0 Å². The van der Waals surface area contributed by atoms with Gasteiger partial charge in [0, 0.05) is 25.7 Å². The minimum atomic E-state index is 0. The second-order valence-electron chi connectivity index (χ2n) is 5.97. The summed E-state index contributed by atoms with van der Waals surface area (Å²) in [5.74, 6) is 0.689. The third-order valence-electron chi connectivity index (χ3n) is 4.48. The summed E-state index contributed by atoms with van der Waals surface area (Å²) >= 11 is 0. The number of hydrogen-bond acceptors (Lipinski definition) is 3. The number of ether oxygens (including phenoxy) is 1. The van der Waals surface area contributed by atoms with E-state index < -0.39 is 0 Å². The predicted molar refractivity (Wildman–Crippen MR) is 98.4 cm³/mol. The first-order valence-electron chi connectivity index (χ1n) is 8.10. The molecule has 2 fully saturated rings. The Balaban J connectivity index is 0.00000220. The van der Waals surface area contributed by atoms with Crippen LogP contribution in [0, 0.1) is 0 Å². The van der Waals surface area contributed by atoms with Gasteiger partial charge in [-0.25, -0.2) is 0 Å². The molecular formula is C15H31IN4O. The topological polar surface area (TPSA) is 54.1 Å². The maximum Gasteiger partial charge on any atom is 0.191 e. The molecule has 0 spiro atoms. The van der Waals surface area contributed by atoms with Crippen LogP contribution in [0.5, 0.6) is 0 Å². The lowest BCUT2D eigenvalue weighted by atomic mass is 9.94. The molecule has 0 aromatic carbocycles. The van der Waals surface area contributed by atoms with E-state index in [2.05, 4.69) is 21.8 Å². The first kappa shape index (κ1) is 19.0. The Kier molecular flexibility index (Phi) is 9.59. The SMILES string of the molecule is CN(CCCN=C(N)N1CCOCC1)C1CCCCC1.I. The van der Waals surface area contributed by atoms with E-state index in [0.717, 1.165) is 51.9 Å². The highest BCUT2D eigenvalue weighted by molar-refractivity contribution is 14.0. The summed E-state index contributed by atoms with van der Waals surface area (Å²) in [5.41, 5.74) is 6.01. The normalized spacial score (nSPS) is 21.4. The minimum absolute atomic E-state index is 0. The predicted octanol–water partition coefficient (Wildman–Crippen LogP) is 1.91. The van der Waals surface area contributed by atoms with Crippen molar-refractivity contribution < 1.29 is 4.74 Å². The van der Waals surface area contributed by atoms with Crippen molar-refractivity contribution in [2.75, 3.05) is 46.4 Å². The number of morpholine rings is 1. The van der Waals surface area contributed by atoms with Gasteiger partial charge >= 0.3 is 0 Å². The lowest BCUT2D eigenvalue weighted by molar-refractivity contribution is 0.0674. The number of nitrogens with zero attached hydrogens (tertiary/aromatic N) is 3. The molecule has 2 aliphatic rings. The summed E-state index contributed by atoms with van der Waals surface area (Å²) in [5, 5.41) is 0. The standard InChI is InChI=1S/C15H30N4O.HI/c1-18(14-6-3-2-4-7-14)9-5-8-17-15(16)19-10-12-20-13-11-19;/h14H,2-13H2,1H3,(H2,16,17);1H. The average Bonchev–Trinajstić information content (AvgIpc) is 2.53. The molecular weight excluding hydrogens is 379 g/mol. The molecule has 5 nitrogen and oxygen atoms in total. The molecule has 0 aromatic heterocycles. The van der Waals surface area contributed by atoms with Gasteiger partial charge in [0.05, 0.1) is 13.2 Å². The zero-order chi connectivity index (χ0) is 14.2. The molecule has 0 amide bonds. The van der Waals surface area contributed by atoms with Crippen molar-refractivity contribution in [2.45, 2.75) is 44.6 Å². The molecule has 0 radical (unpaired) electrons. The third kappa shape index (κ3) is 6.69. The minimum Gasteiger partial charge on any atom is -0.378 e. The molecule has 1 heterocycles. The average molecular weight is 410 g/mol. The summed E-state index contributed by atoms with van der Waals surface area (Å²) < 4.78 is 5.32. The second-order valence-corrected chi connectivity index (χ2v) is 5.97. The molecule has 6 heteroatoms. The Labute approximate surface area is 146 Å². The van der Waals surface area contributed by atoms with Crippen LogP contribution in [-0.2, 0) is 4.74 Å². The van der Waals surface area contributed by atoms with E-state index in [9.17, 15) is 0 Å². The van der Waals surface area contributed by atoms with Crippen molar-refractivity contribution in [2.24, 2.45) is 10.7 Å². The smallest absolute Gasteiger partial charge is 0.191 e. The van der Waals surface area contributed by atoms with E-state index in [1.54, 1.807) is 0 Å². The molecule has 1 saturated carbocycles. The second kappa shape index (κ2) is 10.6. The van der Waals surface area contributed by atoms with Crippen molar-refractivity contribution in [1.82, 2.24) is 9.80 Å². The van der Waals surface area contributed by atoms with E-state index in [0.29, 0.717) is 5.96 Å². The van der Waals surface area contributed by atoms with Crippen LogP contribution in [0.2, 0.25) is 0 Å². The van der Waals surface area contributed by atoms with E-state index in [-0.39, 0.29) is 24.0 Å². The fraction of sp³-hybridized carbons (Fsp3) is 0.933. The van der Waals surface area contributed by atoms with Crippen molar-refractivity contribution in [3.05, 3.63) is 0 Å². The van der Waals surface area contributed by atoms with Gasteiger partial charge in [0.15, 0.2) is 5.96 Å². The number of rotatable bonds is 5. The zero-order valence-electron chi connectivity index (χ0n) is 13.3. The van der Waals surface area contributed by atoms with Crippen LogP contribution in [-0.4, -0.2) is 68.2 Å². The highest BCUT2D eigenvalue weighted by Gasteiger charge is 2.17. The Bertz CT molecular complexity index is 302. The molecule has 1 aliphatic heterocycles. The summed E-state index contributed by atoms with van der Waals surface area (Å²) in [7, 11) is 2.25. The van der Waals surface area contributed by atoms with Crippen molar-refractivity contribution in [3.63, 3.8) is 0 Å². The first-order valence-corrected chi connectivity index (χ1v) is 8.10. The first-order chi connectivity index (χ1) is 9.77. The van der Waals surface area contributed by atoms with Crippen LogP contribution in [0.1, 0.15) is 38.5 Å². The van der Waals surface area contributed by atoms with Gasteiger partial charge in [0.25, 0.3) is 0 Å². The van der Waals surface area contributed by atoms with Gasteiger partial charge in [-0.1, -0.05) is 19.3 Å². The summed E-state index contributed by atoms with van der Waals surface area (Å²) in [6, 6.07) is 0.796. The highest BCUT2D eigenvalue weighted by Crippen LogP contribution is 2.21. The number of nitrogens with two attached hydrogens (primary N) is 1. The summed E-state index contributed by atoms with van der Waals surface area (Å²) in [6.45, 7) is 5.24. The molecule has 0 unspecified atom stereocenters. The van der Waals surface area contributed by atoms with E-state index >= 15 is 0 Å². The van der Waals surface area contributed by atoms with Gasteiger partial charge < -0.3 is 20.3 Å². The molecule has 1 aliphatic carbocycles. The largest absolute Gasteiger partial charge is 0.378 e. The van der Waals surface area contributed by atoms with E-state index in [1.807, 2.05) is 0 Å². The van der Waals surface area contributed by atoms with Crippen molar-refractivity contribution >= 4 is 29.9 Å². The molecule has 124 valence electrons. The van der Waals surface area contributed by atoms with E-state index in [1.165, 1.54) is 32.1 Å². The van der Waals surface area contributed by atoms with Crippen molar-refractivity contribution in [1.29, 1.82) is 0 Å². The Morgan fingerprint density at radius 3 is 2.57 bits per heavy atom.